The number of carbonyl (C=O) groups is 2. The number of sulfonamides is 1. The molecule has 3 rings (SSSR count). The Morgan fingerprint density at radius 3 is 2.18 bits per heavy atom. The van der Waals surface area contributed by atoms with Crippen molar-refractivity contribution in [3.8, 4) is 5.75 Å². The quantitative estimate of drug-likeness (QED) is 0.357. The van der Waals surface area contributed by atoms with Crippen LogP contribution in [0.2, 0.25) is 0 Å². The van der Waals surface area contributed by atoms with E-state index in [4.69, 9.17) is 4.74 Å². The van der Waals surface area contributed by atoms with Crippen molar-refractivity contribution in [2.75, 3.05) is 18.0 Å². The smallest absolute Gasteiger partial charge is 0.264 e. The lowest BCUT2D eigenvalue weighted by atomic mass is 10.1. The van der Waals surface area contributed by atoms with Crippen molar-refractivity contribution in [1.82, 2.24) is 10.2 Å². The highest BCUT2D eigenvalue weighted by molar-refractivity contribution is 7.92. The van der Waals surface area contributed by atoms with E-state index in [9.17, 15) is 18.0 Å². The average molecular weight is 552 g/mol. The fourth-order valence-electron chi connectivity index (χ4n) is 4.30. The van der Waals surface area contributed by atoms with Gasteiger partial charge in [-0.05, 0) is 69.2 Å². The second-order valence-electron chi connectivity index (χ2n) is 9.62. The van der Waals surface area contributed by atoms with Gasteiger partial charge in [-0.2, -0.15) is 0 Å². The molecule has 0 saturated heterocycles. The molecule has 0 aromatic heterocycles. The Balaban J connectivity index is 2.05. The fraction of sp³-hybridized carbons (Fsp3) is 0.333. The van der Waals surface area contributed by atoms with Gasteiger partial charge in [0.05, 0.1) is 17.7 Å². The Bertz CT molecular complexity index is 1360. The highest BCUT2D eigenvalue weighted by Crippen LogP contribution is 2.26. The minimum atomic E-state index is -4.11. The summed E-state index contributed by atoms with van der Waals surface area (Å²) < 4.78 is 33.9. The predicted molar refractivity (Wildman–Crippen MR) is 153 cm³/mol. The van der Waals surface area contributed by atoms with Crippen LogP contribution in [0.25, 0.3) is 0 Å². The van der Waals surface area contributed by atoms with E-state index in [0.717, 1.165) is 15.4 Å². The molecule has 9 heteroatoms. The molecule has 208 valence electrons. The molecule has 1 atom stereocenters. The summed E-state index contributed by atoms with van der Waals surface area (Å²) in [5, 5.41) is 2.90. The van der Waals surface area contributed by atoms with Gasteiger partial charge in [-0.1, -0.05) is 55.0 Å². The highest BCUT2D eigenvalue weighted by Gasteiger charge is 2.33. The molecule has 0 aliphatic heterocycles. The van der Waals surface area contributed by atoms with Gasteiger partial charge >= 0.3 is 0 Å². The molecule has 0 saturated carbocycles. The van der Waals surface area contributed by atoms with Crippen LogP contribution >= 0.6 is 0 Å². The first-order valence-corrected chi connectivity index (χ1v) is 14.4. The predicted octanol–water partition coefficient (Wildman–Crippen LogP) is 4.53. The summed E-state index contributed by atoms with van der Waals surface area (Å²) >= 11 is 0. The lowest BCUT2D eigenvalue weighted by Gasteiger charge is -2.33. The molecule has 0 heterocycles. The monoisotopic (exact) mass is 551 g/mol. The summed E-state index contributed by atoms with van der Waals surface area (Å²) in [7, 11) is -2.59. The van der Waals surface area contributed by atoms with E-state index in [0.29, 0.717) is 17.9 Å². The number of hydrogen-bond donors (Lipinski definition) is 1. The first kappa shape index (κ1) is 29.7. The van der Waals surface area contributed by atoms with Crippen LogP contribution in [0.1, 0.15) is 38.3 Å². The van der Waals surface area contributed by atoms with Crippen molar-refractivity contribution < 1.29 is 22.7 Å². The van der Waals surface area contributed by atoms with Crippen molar-refractivity contribution in [2.24, 2.45) is 0 Å². The summed E-state index contributed by atoms with van der Waals surface area (Å²) in [4.78, 5) is 28.7. The zero-order valence-corrected chi connectivity index (χ0v) is 23.9. The molecule has 3 aromatic rings. The third-order valence-electron chi connectivity index (χ3n) is 6.22. The number of nitrogens with zero attached hydrogens (tertiary/aromatic N) is 2. The van der Waals surface area contributed by atoms with Gasteiger partial charge in [-0.25, -0.2) is 8.42 Å². The van der Waals surface area contributed by atoms with Gasteiger partial charge in [-0.3, -0.25) is 13.9 Å². The second kappa shape index (κ2) is 13.3. The molecule has 2 amide bonds. The first-order chi connectivity index (χ1) is 18.6. The lowest BCUT2D eigenvalue weighted by molar-refractivity contribution is -0.140. The lowest BCUT2D eigenvalue weighted by Crippen LogP contribution is -2.53. The second-order valence-corrected chi connectivity index (χ2v) is 11.5. The highest BCUT2D eigenvalue weighted by atomic mass is 32.2. The molecule has 1 unspecified atom stereocenters. The van der Waals surface area contributed by atoms with Gasteiger partial charge < -0.3 is 15.0 Å². The van der Waals surface area contributed by atoms with Crippen LogP contribution in [0.3, 0.4) is 0 Å². The maximum absolute atomic E-state index is 14.0. The molecule has 0 bridgehead atoms. The normalized spacial score (nSPS) is 12.1. The zero-order chi connectivity index (χ0) is 28.6. The van der Waals surface area contributed by atoms with Gasteiger partial charge in [-0.15, -0.1) is 0 Å². The topological polar surface area (TPSA) is 96.0 Å². The van der Waals surface area contributed by atoms with E-state index in [1.165, 1.54) is 24.1 Å². The Kier molecular flexibility index (Phi) is 10.1. The SMILES string of the molecule is CCC(C(=O)NC(C)C)N(Cc1cccc(C)c1)C(=O)CN(c1ccc(OC)cc1)S(=O)(=O)c1ccccc1. The standard InChI is InChI=1S/C30H37N3O5S/c1-6-28(30(35)31-22(2)3)32(20-24-12-10-11-23(4)19-24)29(34)21-33(25-15-17-26(38-5)18-16-25)39(36,37)27-13-8-7-9-14-27/h7-19,22,28H,6,20-21H2,1-5H3,(H,31,35). The summed E-state index contributed by atoms with van der Waals surface area (Å²) in [6.07, 6.45) is 0.365. The molecule has 0 aliphatic rings. The molecule has 3 aromatic carbocycles. The number of ether oxygens (including phenoxy) is 1. The number of hydrogen-bond acceptors (Lipinski definition) is 5. The number of carbonyl (C=O) groups excluding carboxylic acids is 2. The number of amides is 2. The maximum Gasteiger partial charge on any atom is 0.264 e. The minimum absolute atomic E-state index is 0.0587. The molecular formula is C30H37N3O5S. The Morgan fingerprint density at radius 1 is 0.949 bits per heavy atom. The Morgan fingerprint density at radius 2 is 1.62 bits per heavy atom. The fourth-order valence-corrected chi connectivity index (χ4v) is 5.74. The molecule has 0 fully saturated rings. The number of anilines is 1. The van der Waals surface area contributed by atoms with Gasteiger partial charge in [0.25, 0.3) is 10.0 Å². The van der Waals surface area contributed by atoms with E-state index in [1.54, 1.807) is 42.5 Å². The van der Waals surface area contributed by atoms with E-state index in [1.807, 2.05) is 52.0 Å². The van der Waals surface area contributed by atoms with Crippen LogP contribution in [-0.4, -0.2) is 50.9 Å². The average Bonchev–Trinajstić information content (AvgIpc) is 2.91. The van der Waals surface area contributed by atoms with Crippen molar-refractivity contribution in [3.05, 3.63) is 90.0 Å². The molecule has 0 spiro atoms. The number of benzene rings is 3. The number of nitrogens with one attached hydrogen (secondary N) is 1. The summed E-state index contributed by atoms with van der Waals surface area (Å²) in [6.45, 7) is 7.18. The van der Waals surface area contributed by atoms with Crippen LogP contribution in [0, 0.1) is 6.92 Å². The molecule has 0 aliphatic carbocycles. The minimum Gasteiger partial charge on any atom is -0.497 e. The number of methoxy groups -OCH3 is 1. The largest absolute Gasteiger partial charge is 0.497 e. The van der Waals surface area contributed by atoms with Crippen molar-refractivity contribution in [3.63, 3.8) is 0 Å². The van der Waals surface area contributed by atoms with Gasteiger partial charge in [0.15, 0.2) is 0 Å². The summed E-state index contributed by atoms with van der Waals surface area (Å²) in [5.41, 5.74) is 2.18. The van der Waals surface area contributed by atoms with Crippen LogP contribution in [0.4, 0.5) is 5.69 Å². The van der Waals surface area contributed by atoms with Crippen LogP contribution in [-0.2, 0) is 26.2 Å². The molecule has 8 nitrogen and oxygen atoms in total. The zero-order valence-electron chi connectivity index (χ0n) is 23.1. The van der Waals surface area contributed by atoms with E-state index in [2.05, 4.69) is 5.32 Å². The van der Waals surface area contributed by atoms with E-state index < -0.39 is 28.5 Å². The van der Waals surface area contributed by atoms with Crippen molar-refractivity contribution in [1.29, 1.82) is 0 Å². The molecule has 39 heavy (non-hydrogen) atoms. The maximum atomic E-state index is 14.0. The van der Waals surface area contributed by atoms with Gasteiger partial charge in [0, 0.05) is 12.6 Å². The first-order valence-electron chi connectivity index (χ1n) is 12.9. The van der Waals surface area contributed by atoms with E-state index in [-0.39, 0.29) is 23.4 Å². The Labute approximate surface area is 231 Å². The Hall–Kier alpha value is -3.85. The molecule has 0 radical (unpaired) electrons. The third-order valence-corrected chi connectivity index (χ3v) is 8.01. The van der Waals surface area contributed by atoms with Gasteiger partial charge in [0.2, 0.25) is 11.8 Å². The third kappa shape index (κ3) is 7.60. The summed E-state index contributed by atoms with van der Waals surface area (Å²) in [5.74, 6) is -0.215. The molecular weight excluding hydrogens is 514 g/mol. The van der Waals surface area contributed by atoms with Gasteiger partial charge in [0.1, 0.15) is 18.3 Å². The van der Waals surface area contributed by atoms with Crippen LogP contribution in [0.5, 0.6) is 5.75 Å². The summed E-state index contributed by atoms with van der Waals surface area (Å²) in [6, 6.07) is 21.3. The van der Waals surface area contributed by atoms with Crippen LogP contribution < -0.4 is 14.4 Å². The molecule has 1 N–H and O–H groups in total. The van der Waals surface area contributed by atoms with Crippen molar-refractivity contribution in [2.45, 2.75) is 57.6 Å². The van der Waals surface area contributed by atoms with Crippen molar-refractivity contribution >= 4 is 27.5 Å². The number of rotatable bonds is 12. The van der Waals surface area contributed by atoms with Crippen LogP contribution in [0.15, 0.2) is 83.8 Å². The van der Waals surface area contributed by atoms with E-state index >= 15 is 0 Å². The number of aryl methyl sites for hydroxylation is 1.